The fourth-order valence-electron chi connectivity index (χ4n) is 4.15. The molecule has 0 spiro atoms. The van der Waals surface area contributed by atoms with Crippen molar-refractivity contribution in [3.63, 3.8) is 0 Å². The first-order valence-electron chi connectivity index (χ1n) is 9.87. The van der Waals surface area contributed by atoms with Crippen LogP contribution in [0.5, 0.6) is 0 Å². The summed E-state index contributed by atoms with van der Waals surface area (Å²) >= 11 is 0. The van der Waals surface area contributed by atoms with E-state index in [1.54, 1.807) is 12.1 Å². The van der Waals surface area contributed by atoms with Gasteiger partial charge < -0.3 is 10.1 Å². The molecule has 1 aliphatic heterocycles. The number of amides is 1. The maximum absolute atomic E-state index is 13.1. The van der Waals surface area contributed by atoms with Crippen LogP contribution in [-0.2, 0) is 9.53 Å². The van der Waals surface area contributed by atoms with Crippen molar-refractivity contribution < 1.29 is 13.9 Å². The Hall–Kier alpha value is -1.46. The molecule has 2 fully saturated rings. The zero-order valence-electron chi connectivity index (χ0n) is 16.1. The molecule has 4 nitrogen and oxygen atoms in total. The number of benzene rings is 1. The summed E-state index contributed by atoms with van der Waals surface area (Å²) < 4.78 is 19.0. The molecular weight excluding hydrogens is 331 g/mol. The molecule has 1 aliphatic carbocycles. The van der Waals surface area contributed by atoms with E-state index < -0.39 is 0 Å². The third-order valence-electron chi connectivity index (χ3n) is 6.30. The molecule has 1 N–H and O–H groups in total. The Bertz CT molecular complexity index is 607. The normalized spacial score (nSPS) is 31.4. The van der Waals surface area contributed by atoms with Crippen LogP contribution >= 0.6 is 0 Å². The number of ether oxygens (including phenoxy) is 1. The van der Waals surface area contributed by atoms with Crippen LogP contribution in [-0.4, -0.2) is 42.6 Å². The molecule has 5 atom stereocenters. The van der Waals surface area contributed by atoms with E-state index >= 15 is 0 Å². The number of hydrogen-bond acceptors (Lipinski definition) is 3. The molecule has 1 amide bonds. The van der Waals surface area contributed by atoms with Crippen molar-refractivity contribution in [1.29, 1.82) is 0 Å². The van der Waals surface area contributed by atoms with Crippen molar-refractivity contribution >= 4 is 5.91 Å². The van der Waals surface area contributed by atoms with Gasteiger partial charge >= 0.3 is 0 Å². The number of nitrogens with one attached hydrogen (secondary N) is 1. The van der Waals surface area contributed by atoms with Gasteiger partial charge in [0.2, 0.25) is 5.91 Å². The van der Waals surface area contributed by atoms with Gasteiger partial charge in [0.05, 0.1) is 18.8 Å². The average Bonchev–Trinajstić information content (AvgIpc) is 2.65. The molecule has 1 saturated carbocycles. The van der Waals surface area contributed by atoms with E-state index in [-0.39, 0.29) is 29.9 Å². The highest BCUT2D eigenvalue weighted by molar-refractivity contribution is 5.81. The van der Waals surface area contributed by atoms with E-state index in [0.29, 0.717) is 25.0 Å². The van der Waals surface area contributed by atoms with Crippen LogP contribution in [0.1, 0.15) is 51.7 Å². The summed E-state index contributed by atoms with van der Waals surface area (Å²) in [4.78, 5) is 15.0. The van der Waals surface area contributed by atoms with Gasteiger partial charge in [0.25, 0.3) is 0 Å². The van der Waals surface area contributed by atoms with E-state index in [4.69, 9.17) is 4.74 Å². The van der Waals surface area contributed by atoms with Crippen LogP contribution in [0.15, 0.2) is 24.3 Å². The highest BCUT2D eigenvalue weighted by atomic mass is 19.1. The minimum absolute atomic E-state index is 0.107. The lowest BCUT2D eigenvalue weighted by molar-refractivity contribution is -0.130. The molecule has 26 heavy (non-hydrogen) atoms. The Labute approximate surface area is 156 Å². The zero-order valence-corrected chi connectivity index (χ0v) is 16.1. The molecule has 5 heteroatoms. The second kappa shape index (κ2) is 8.49. The Morgan fingerprint density at radius 3 is 2.73 bits per heavy atom. The molecule has 0 aromatic heterocycles. The molecule has 1 aromatic rings. The van der Waals surface area contributed by atoms with Crippen LogP contribution in [0.25, 0.3) is 0 Å². The summed E-state index contributed by atoms with van der Waals surface area (Å²) in [5, 5.41) is 3.29. The Morgan fingerprint density at radius 1 is 1.27 bits per heavy atom. The van der Waals surface area contributed by atoms with E-state index in [0.717, 1.165) is 18.5 Å². The highest BCUT2D eigenvalue weighted by Crippen LogP contribution is 2.30. The van der Waals surface area contributed by atoms with Crippen LogP contribution in [0.3, 0.4) is 0 Å². The van der Waals surface area contributed by atoms with Gasteiger partial charge in [-0.1, -0.05) is 38.8 Å². The number of nitrogens with zero attached hydrogens (tertiary/aromatic N) is 1. The lowest BCUT2D eigenvalue weighted by Gasteiger charge is -2.39. The van der Waals surface area contributed by atoms with E-state index in [1.807, 2.05) is 6.92 Å². The highest BCUT2D eigenvalue weighted by Gasteiger charge is 2.32. The maximum atomic E-state index is 13.1. The Balaban J connectivity index is 1.58. The number of halogens is 1. The van der Waals surface area contributed by atoms with Crippen molar-refractivity contribution in [2.24, 2.45) is 11.8 Å². The van der Waals surface area contributed by atoms with E-state index in [2.05, 4.69) is 24.1 Å². The van der Waals surface area contributed by atoms with Gasteiger partial charge in [-0.2, -0.15) is 0 Å². The summed E-state index contributed by atoms with van der Waals surface area (Å²) in [6.07, 6.45) is 3.40. The van der Waals surface area contributed by atoms with Crippen molar-refractivity contribution in [3.8, 4) is 0 Å². The third kappa shape index (κ3) is 4.44. The summed E-state index contributed by atoms with van der Waals surface area (Å²) in [6, 6.07) is 6.53. The Morgan fingerprint density at radius 2 is 2.00 bits per heavy atom. The molecule has 0 radical (unpaired) electrons. The summed E-state index contributed by atoms with van der Waals surface area (Å²) in [5.41, 5.74) is 0.957. The predicted molar refractivity (Wildman–Crippen MR) is 100 cm³/mol. The first kappa shape index (κ1) is 19.3. The van der Waals surface area contributed by atoms with Gasteiger partial charge in [-0.3, -0.25) is 9.69 Å². The van der Waals surface area contributed by atoms with Crippen LogP contribution < -0.4 is 5.32 Å². The van der Waals surface area contributed by atoms with Gasteiger partial charge in [-0.15, -0.1) is 0 Å². The minimum Gasteiger partial charge on any atom is -0.371 e. The molecular formula is C21H31FN2O2. The van der Waals surface area contributed by atoms with Crippen LogP contribution in [0, 0.1) is 17.7 Å². The minimum atomic E-state index is -0.245. The van der Waals surface area contributed by atoms with Crippen molar-refractivity contribution in [1.82, 2.24) is 10.2 Å². The summed E-state index contributed by atoms with van der Waals surface area (Å²) in [5.74, 6) is 1.05. The van der Waals surface area contributed by atoms with Gasteiger partial charge in [0, 0.05) is 19.1 Å². The van der Waals surface area contributed by atoms with Crippen LogP contribution in [0.4, 0.5) is 4.39 Å². The number of morpholine rings is 1. The number of rotatable bonds is 4. The van der Waals surface area contributed by atoms with Crippen LogP contribution in [0.2, 0.25) is 0 Å². The predicted octanol–water partition coefficient (Wildman–Crippen LogP) is 3.53. The Kier molecular flexibility index (Phi) is 6.30. The average molecular weight is 362 g/mol. The summed E-state index contributed by atoms with van der Waals surface area (Å²) in [6.45, 7) is 8.47. The lowest BCUT2D eigenvalue weighted by Crippen LogP contribution is -2.54. The quantitative estimate of drug-likeness (QED) is 0.891. The molecule has 2 aliphatic rings. The molecule has 1 aromatic carbocycles. The monoisotopic (exact) mass is 362 g/mol. The van der Waals surface area contributed by atoms with Crippen molar-refractivity contribution in [3.05, 3.63) is 35.6 Å². The summed E-state index contributed by atoms with van der Waals surface area (Å²) in [7, 11) is 0. The number of hydrogen-bond donors (Lipinski definition) is 1. The van der Waals surface area contributed by atoms with Gasteiger partial charge in [0.15, 0.2) is 0 Å². The standard InChI is InChI=1S/C21H31FN2O2/c1-14-5-4-6-19(15(14)2)23-21(25)16(3)24-11-12-26-20(13-24)17-7-9-18(22)10-8-17/h7-10,14-16,19-20H,4-6,11-13H2,1-3H3,(H,23,25)/t14-,15-,16-,19-,20+/m1/s1. The smallest absolute Gasteiger partial charge is 0.237 e. The fraction of sp³-hybridized carbons (Fsp3) is 0.667. The van der Waals surface area contributed by atoms with Gasteiger partial charge in [-0.05, 0) is 42.9 Å². The topological polar surface area (TPSA) is 41.6 Å². The maximum Gasteiger partial charge on any atom is 0.237 e. The largest absolute Gasteiger partial charge is 0.371 e. The zero-order chi connectivity index (χ0) is 18.7. The van der Waals surface area contributed by atoms with Crippen molar-refractivity contribution in [2.75, 3.05) is 19.7 Å². The van der Waals surface area contributed by atoms with Crippen molar-refractivity contribution in [2.45, 2.75) is 58.2 Å². The fourth-order valence-corrected chi connectivity index (χ4v) is 4.15. The third-order valence-corrected chi connectivity index (χ3v) is 6.30. The number of carbonyl (C=O) groups excluding carboxylic acids is 1. The molecule has 3 rings (SSSR count). The number of carbonyl (C=O) groups is 1. The lowest BCUT2D eigenvalue weighted by atomic mass is 9.78. The van der Waals surface area contributed by atoms with Gasteiger partial charge in [-0.25, -0.2) is 4.39 Å². The second-order valence-electron chi connectivity index (χ2n) is 7.96. The van der Waals surface area contributed by atoms with E-state index in [1.165, 1.54) is 25.0 Å². The first-order valence-corrected chi connectivity index (χ1v) is 9.87. The second-order valence-corrected chi connectivity index (χ2v) is 7.96. The SMILES string of the molecule is C[C@@H]1[C@H](C)CCC[C@H]1NC(=O)[C@@H](C)N1CCO[C@H](c2ccc(F)cc2)C1. The molecule has 0 bridgehead atoms. The van der Waals surface area contributed by atoms with E-state index in [9.17, 15) is 9.18 Å². The van der Waals surface area contributed by atoms with Gasteiger partial charge in [0.1, 0.15) is 5.82 Å². The molecule has 1 heterocycles. The molecule has 1 saturated heterocycles. The first-order chi connectivity index (χ1) is 12.5. The molecule has 0 unspecified atom stereocenters. The molecule has 144 valence electrons.